The minimum Gasteiger partial charge on any atom is -0.298 e. The molecule has 0 bridgehead atoms. The van der Waals surface area contributed by atoms with Crippen LogP contribution in [0.25, 0.3) is 0 Å². The number of carbonyl (C=O) groups excluding carboxylic acids is 1. The third kappa shape index (κ3) is 3.67. The van der Waals surface area contributed by atoms with E-state index in [1.807, 2.05) is 0 Å². The number of unbranched alkanes of at least 4 members (excludes halogenated alkanes) is 1. The molecule has 0 aliphatic rings. The summed E-state index contributed by atoms with van der Waals surface area (Å²) in [5.74, 6) is 0. The molecule has 0 amide bonds. The molecule has 0 saturated carbocycles. The minimum atomic E-state index is 0.628. The Morgan fingerprint density at radius 2 is 2.20 bits per heavy atom. The molecule has 0 aromatic heterocycles. The fourth-order valence-electron chi connectivity index (χ4n) is 0.680. The summed E-state index contributed by atoms with van der Waals surface area (Å²) in [5.41, 5.74) is 0.739. The molecule has 0 aliphatic carbocycles. The van der Waals surface area contributed by atoms with E-state index >= 15 is 0 Å². The van der Waals surface area contributed by atoms with Gasteiger partial charge in [0.15, 0.2) is 0 Å². The molecule has 0 unspecified atom stereocenters. The molecular formula is C8H13ClO. The van der Waals surface area contributed by atoms with E-state index in [2.05, 4.69) is 6.92 Å². The Morgan fingerprint density at radius 3 is 2.50 bits per heavy atom. The van der Waals surface area contributed by atoms with Gasteiger partial charge in [0.05, 0.1) is 0 Å². The van der Waals surface area contributed by atoms with Gasteiger partial charge in [0.25, 0.3) is 0 Å². The summed E-state index contributed by atoms with van der Waals surface area (Å²) in [6, 6.07) is 0. The van der Waals surface area contributed by atoms with Crippen molar-refractivity contribution in [2.75, 3.05) is 0 Å². The fourth-order valence-corrected chi connectivity index (χ4v) is 0.819. The van der Waals surface area contributed by atoms with Gasteiger partial charge in [-0.05, 0) is 19.8 Å². The number of rotatable bonds is 4. The predicted molar refractivity (Wildman–Crippen MR) is 44.1 cm³/mol. The van der Waals surface area contributed by atoms with Crippen molar-refractivity contribution in [1.82, 2.24) is 0 Å². The standard InChI is InChI=1S/C8H13ClO/c1-3-4-5-8(6-10)7(2)9/h6H,3-5H2,1-2H3. The van der Waals surface area contributed by atoms with Crippen LogP contribution in [0.4, 0.5) is 0 Å². The van der Waals surface area contributed by atoms with Crippen LogP contribution in [-0.2, 0) is 4.79 Å². The largest absolute Gasteiger partial charge is 0.298 e. The molecule has 58 valence electrons. The van der Waals surface area contributed by atoms with Gasteiger partial charge in [-0.1, -0.05) is 24.9 Å². The fraction of sp³-hybridized carbons (Fsp3) is 0.625. The smallest absolute Gasteiger partial charge is 0.147 e. The van der Waals surface area contributed by atoms with Crippen molar-refractivity contribution in [1.29, 1.82) is 0 Å². The third-order valence-electron chi connectivity index (χ3n) is 1.38. The summed E-state index contributed by atoms with van der Waals surface area (Å²) in [7, 11) is 0. The van der Waals surface area contributed by atoms with Crippen LogP contribution in [0, 0.1) is 0 Å². The van der Waals surface area contributed by atoms with Gasteiger partial charge >= 0.3 is 0 Å². The van der Waals surface area contributed by atoms with E-state index in [1.165, 1.54) is 0 Å². The highest BCUT2D eigenvalue weighted by Crippen LogP contribution is 2.12. The van der Waals surface area contributed by atoms with Gasteiger partial charge < -0.3 is 0 Å². The Balaban J connectivity index is 3.85. The second kappa shape index (κ2) is 5.48. The zero-order valence-corrected chi connectivity index (χ0v) is 7.24. The van der Waals surface area contributed by atoms with Crippen LogP contribution in [0.5, 0.6) is 0 Å². The highest BCUT2D eigenvalue weighted by atomic mass is 35.5. The Labute approximate surface area is 67.1 Å². The molecule has 1 nitrogen and oxygen atoms in total. The molecule has 0 saturated heterocycles. The second-order valence-corrected chi connectivity index (χ2v) is 2.85. The molecule has 2 heteroatoms. The lowest BCUT2D eigenvalue weighted by atomic mass is 10.1. The summed E-state index contributed by atoms with van der Waals surface area (Å²) >= 11 is 5.63. The molecule has 0 atom stereocenters. The maximum Gasteiger partial charge on any atom is 0.147 e. The van der Waals surface area contributed by atoms with Crippen LogP contribution in [0.2, 0.25) is 0 Å². The lowest BCUT2D eigenvalue weighted by Gasteiger charge is -1.97. The maximum atomic E-state index is 10.3. The quantitative estimate of drug-likeness (QED) is 0.457. The molecule has 0 aliphatic heterocycles. The second-order valence-electron chi connectivity index (χ2n) is 2.28. The minimum absolute atomic E-state index is 0.628. The van der Waals surface area contributed by atoms with Gasteiger partial charge in [-0.2, -0.15) is 0 Å². The number of aldehydes is 1. The predicted octanol–water partition coefficient (Wildman–Crippen LogP) is 2.89. The van der Waals surface area contributed by atoms with Crippen molar-refractivity contribution in [3.63, 3.8) is 0 Å². The zero-order valence-electron chi connectivity index (χ0n) is 6.48. The van der Waals surface area contributed by atoms with Gasteiger partial charge in [-0.15, -0.1) is 0 Å². The first-order valence-electron chi connectivity index (χ1n) is 3.52. The molecule has 0 heterocycles. The van der Waals surface area contributed by atoms with Crippen molar-refractivity contribution in [3.8, 4) is 0 Å². The van der Waals surface area contributed by atoms with E-state index < -0.39 is 0 Å². The van der Waals surface area contributed by atoms with E-state index in [9.17, 15) is 4.79 Å². The normalized spacial score (nSPS) is 12.7. The summed E-state index contributed by atoms with van der Waals surface area (Å²) in [4.78, 5) is 10.3. The van der Waals surface area contributed by atoms with Crippen molar-refractivity contribution >= 4 is 17.9 Å². The average molecular weight is 161 g/mol. The zero-order chi connectivity index (χ0) is 7.98. The van der Waals surface area contributed by atoms with Crippen molar-refractivity contribution < 1.29 is 4.79 Å². The van der Waals surface area contributed by atoms with E-state index in [4.69, 9.17) is 11.6 Å². The monoisotopic (exact) mass is 160 g/mol. The lowest BCUT2D eigenvalue weighted by Crippen LogP contribution is -1.86. The average Bonchev–Trinajstić information content (AvgIpc) is 1.89. The van der Waals surface area contributed by atoms with Crippen LogP contribution in [0.15, 0.2) is 10.6 Å². The van der Waals surface area contributed by atoms with Crippen LogP contribution < -0.4 is 0 Å². The first-order chi connectivity index (χ1) is 4.72. The summed E-state index contributed by atoms with van der Waals surface area (Å²) in [6.45, 7) is 3.84. The van der Waals surface area contributed by atoms with Crippen molar-refractivity contribution in [2.24, 2.45) is 0 Å². The van der Waals surface area contributed by atoms with Crippen molar-refractivity contribution in [2.45, 2.75) is 33.1 Å². The van der Waals surface area contributed by atoms with E-state index in [0.717, 1.165) is 31.1 Å². The maximum absolute atomic E-state index is 10.3. The highest BCUT2D eigenvalue weighted by molar-refractivity contribution is 6.30. The van der Waals surface area contributed by atoms with Gasteiger partial charge in [0.2, 0.25) is 0 Å². The van der Waals surface area contributed by atoms with Crippen LogP contribution in [0.3, 0.4) is 0 Å². The Hall–Kier alpha value is -0.300. The third-order valence-corrected chi connectivity index (χ3v) is 1.63. The molecule has 0 aromatic carbocycles. The van der Waals surface area contributed by atoms with E-state index in [-0.39, 0.29) is 0 Å². The molecule has 0 rings (SSSR count). The summed E-state index contributed by atoms with van der Waals surface area (Å²) in [6.07, 6.45) is 3.80. The van der Waals surface area contributed by atoms with Crippen molar-refractivity contribution in [3.05, 3.63) is 10.6 Å². The van der Waals surface area contributed by atoms with Crippen LogP contribution in [-0.4, -0.2) is 6.29 Å². The molecule has 10 heavy (non-hydrogen) atoms. The molecular weight excluding hydrogens is 148 g/mol. The Morgan fingerprint density at radius 1 is 1.60 bits per heavy atom. The molecule has 0 N–H and O–H groups in total. The highest BCUT2D eigenvalue weighted by Gasteiger charge is 1.97. The van der Waals surface area contributed by atoms with Crippen LogP contribution in [0.1, 0.15) is 33.1 Å². The van der Waals surface area contributed by atoms with Crippen LogP contribution >= 0.6 is 11.6 Å². The molecule has 0 aromatic rings. The van der Waals surface area contributed by atoms with E-state index in [1.54, 1.807) is 6.92 Å². The summed E-state index contributed by atoms with van der Waals surface area (Å²) in [5, 5.41) is 0.628. The summed E-state index contributed by atoms with van der Waals surface area (Å²) < 4.78 is 0. The first kappa shape index (κ1) is 9.70. The van der Waals surface area contributed by atoms with Gasteiger partial charge in [0.1, 0.15) is 6.29 Å². The number of hydrogen-bond acceptors (Lipinski definition) is 1. The Bertz CT molecular complexity index is 134. The number of hydrogen-bond donors (Lipinski definition) is 0. The lowest BCUT2D eigenvalue weighted by molar-refractivity contribution is -0.105. The SMILES string of the molecule is CCCCC(C=O)=C(C)Cl. The molecule has 0 radical (unpaired) electrons. The Kier molecular flexibility index (Phi) is 5.32. The van der Waals surface area contributed by atoms with Gasteiger partial charge in [0, 0.05) is 10.6 Å². The molecule has 0 spiro atoms. The molecule has 0 fully saturated rings. The first-order valence-corrected chi connectivity index (χ1v) is 3.90. The number of halogens is 1. The number of carbonyl (C=O) groups is 1. The van der Waals surface area contributed by atoms with E-state index in [0.29, 0.717) is 5.03 Å². The van der Waals surface area contributed by atoms with Gasteiger partial charge in [-0.3, -0.25) is 4.79 Å². The van der Waals surface area contributed by atoms with Gasteiger partial charge in [-0.25, -0.2) is 0 Å². The topological polar surface area (TPSA) is 17.1 Å². The number of allylic oxidation sites excluding steroid dienone is 2.